The summed E-state index contributed by atoms with van der Waals surface area (Å²) in [7, 11) is 0. The Labute approximate surface area is 133 Å². The quantitative estimate of drug-likeness (QED) is 0.854. The Morgan fingerprint density at radius 1 is 1.18 bits per heavy atom. The molecular weight excluding hydrogens is 357 g/mol. The fraction of sp³-hybridized carbons (Fsp3) is 0.0667. The number of carbonyl (C=O) groups is 2. The van der Waals surface area contributed by atoms with E-state index in [-0.39, 0.29) is 16.6 Å². The lowest BCUT2D eigenvalue weighted by Crippen LogP contribution is -2.17. The van der Waals surface area contributed by atoms with Crippen molar-refractivity contribution in [3.63, 3.8) is 0 Å². The summed E-state index contributed by atoms with van der Waals surface area (Å²) in [5.74, 6) is -2.23. The van der Waals surface area contributed by atoms with Crippen LogP contribution in [0.5, 0.6) is 0 Å². The molecule has 114 valence electrons. The maximum absolute atomic E-state index is 13.8. The van der Waals surface area contributed by atoms with E-state index in [1.807, 2.05) is 6.07 Å². The minimum atomic E-state index is -1.37. The third-order valence-electron chi connectivity index (χ3n) is 2.76. The summed E-state index contributed by atoms with van der Waals surface area (Å²) in [6.07, 6.45) is -0.941. The first kappa shape index (κ1) is 16.0. The molecule has 7 heteroatoms. The number of rotatable bonds is 4. The molecule has 2 N–H and O–H groups in total. The Morgan fingerprint density at radius 2 is 1.86 bits per heavy atom. The molecule has 0 aliphatic rings. The van der Waals surface area contributed by atoms with E-state index in [0.717, 1.165) is 11.6 Å². The second-order valence-electron chi connectivity index (χ2n) is 4.27. The maximum Gasteiger partial charge on any atom is 0.412 e. The number of amides is 1. The van der Waals surface area contributed by atoms with Crippen molar-refractivity contribution in [2.45, 2.75) is 6.61 Å². The highest BCUT2D eigenvalue weighted by Crippen LogP contribution is 2.28. The standard InChI is InChI=1S/C15H11BrFNO4/c16-10-6-7-11(17)13(12(10)14(19)20)18-15(21)22-8-9-4-2-1-3-5-9/h1-7H,8H2,(H,18,21)(H,19,20). The average Bonchev–Trinajstić information content (AvgIpc) is 2.49. The highest BCUT2D eigenvalue weighted by molar-refractivity contribution is 9.10. The lowest BCUT2D eigenvalue weighted by molar-refractivity contribution is 0.0696. The van der Waals surface area contributed by atoms with Crippen molar-refractivity contribution in [3.05, 3.63) is 63.9 Å². The Hall–Kier alpha value is -2.41. The lowest BCUT2D eigenvalue weighted by atomic mass is 10.1. The Kier molecular flexibility index (Phi) is 5.11. The van der Waals surface area contributed by atoms with Gasteiger partial charge in [-0.25, -0.2) is 14.0 Å². The summed E-state index contributed by atoms with van der Waals surface area (Å²) in [6.45, 7) is -0.00923. The summed E-state index contributed by atoms with van der Waals surface area (Å²) in [5.41, 5.74) is -0.0672. The van der Waals surface area contributed by atoms with Crippen LogP contribution in [0.4, 0.5) is 14.9 Å². The molecule has 2 aromatic rings. The fourth-order valence-corrected chi connectivity index (χ4v) is 2.24. The number of nitrogens with one attached hydrogen (secondary N) is 1. The van der Waals surface area contributed by atoms with Crippen LogP contribution in [-0.4, -0.2) is 17.2 Å². The molecule has 0 aliphatic carbocycles. The van der Waals surface area contributed by atoms with Gasteiger partial charge >= 0.3 is 12.1 Å². The number of carboxylic acid groups (broad SMARTS) is 1. The second kappa shape index (κ2) is 7.04. The maximum atomic E-state index is 13.8. The summed E-state index contributed by atoms with van der Waals surface area (Å²) >= 11 is 3.01. The van der Waals surface area contributed by atoms with Crippen molar-refractivity contribution in [2.24, 2.45) is 0 Å². The van der Waals surface area contributed by atoms with E-state index < -0.39 is 23.6 Å². The van der Waals surface area contributed by atoms with Gasteiger partial charge in [0.15, 0.2) is 0 Å². The molecule has 0 heterocycles. The van der Waals surface area contributed by atoms with Gasteiger partial charge < -0.3 is 9.84 Å². The molecule has 5 nitrogen and oxygen atoms in total. The molecule has 0 bridgehead atoms. The van der Waals surface area contributed by atoms with Crippen LogP contribution in [0.15, 0.2) is 46.9 Å². The molecule has 0 unspecified atom stereocenters. The molecule has 2 aromatic carbocycles. The minimum Gasteiger partial charge on any atom is -0.478 e. The van der Waals surface area contributed by atoms with Gasteiger partial charge in [0.25, 0.3) is 0 Å². The molecule has 2 rings (SSSR count). The van der Waals surface area contributed by atoms with Crippen LogP contribution < -0.4 is 5.32 Å². The number of benzene rings is 2. The van der Waals surface area contributed by atoms with Crippen LogP contribution in [0.25, 0.3) is 0 Å². The van der Waals surface area contributed by atoms with Crippen LogP contribution in [-0.2, 0) is 11.3 Å². The van der Waals surface area contributed by atoms with E-state index in [1.165, 1.54) is 6.07 Å². The van der Waals surface area contributed by atoms with Gasteiger partial charge in [0.1, 0.15) is 18.0 Å². The largest absolute Gasteiger partial charge is 0.478 e. The third kappa shape index (κ3) is 3.82. The Bertz CT molecular complexity index is 706. The molecule has 0 aliphatic heterocycles. The average molecular weight is 368 g/mol. The predicted molar refractivity (Wildman–Crippen MR) is 81.3 cm³/mol. The van der Waals surface area contributed by atoms with Gasteiger partial charge in [0.2, 0.25) is 0 Å². The first-order chi connectivity index (χ1) is 10.5. The molecule has 0 fully saturated rings. The number of aromatic carboxylic acids is 1. The fourth-order valence-electron chi connectivity index (χ4n) is 1.74. The molecule has 0 atom stereocenters. The van der Waals surface area contributed by atoms with Gasteiger partial charge in [-0.05, 0) is 33.6 Å². The van der Waals surface area contributed by atoms with E-state index in [0.29, 0.717) is 0 Å². The number of hydrogen-bond donors (Lipinski definition) is 2. The van der Waals surface area contributed by atoms with E-state index in [2.05, 4.69) is 21.2 Å². The molecule has 0 radical (unpaired) electrons. The van der Waals surface area contributed by atoms with Crippen molar-refractivity contribution < 1.29 is 23.8 Å². The molecule has 0 aromatic heterocycles. The van der Waals surface area contributed by atoms with Crippen LogP contribution in [0.2, 0.25) is 0 Å². The number of hydrogen-bond acceptors (Lipinski definition) is 3. The number of carboxylic acids is 1. The first-order valence-corrected chi connectivity index (χ1v) is 6.97. The third-order valence-corrected chi connectivity index (χ3v) is 3.42. The lowest BCUT2D eigenvalue weighted by Gasteiger charge is -2.11. The van der Waals surface area contributed by atoms with Gasteiger partial charge in [-0.3, -0.25) is 5.32 Å². The van der Waals surface area contributed by atoms with E-state index in [4.69, 9.17) is 9.84 Å². The molecule has 0 saturated heterocycles. The molecule has 0 spiro atoms. The topological polar surface area (TPSA) is 75.6 Å². The SMILES string of the molecule is O=C(Nc1c(F)ccc(Br)c1C(=O)O)OCc1ccccc1. The van der Waals surface area contributed by atoms with Gasteiger partial charge in [-0.15, -0.1) is 0 Å². The van der Waals surface area contributed by atoms with Crippen LogP contribution in [0.3, 0.4) is 0 Å². The van der Waals surface area contributed by atoms with Crippen molar-refractivity contribution in [2.75, 3.05) is 5.32 Å². The number of ether oxygens (including phenoxy) is 1. The van der Waals surface area contributed by atoms with Gasteiger partial charge in [-0.2, -0.15) is 0 Å². The number of carbonyl (C=O) groups excluding carboxylic acids is 1. The van der Waals surface area contributed by atoms with Crippen molar-refractivity contribution in [1.82, 2.24) is 0 Å². The van der Waals surface area contributed by atoms with Crippen molar-refractivity contribution in [1.29, 1.82) is 0 Å². The number of halogens is 2. The van der Waals surface area contributed by atoms with Gasteiger partial charge in [0, 0.05) is 4.47 Å². The highest BCUT2D eigenvalue weighted by atomic mass is 79.9. The normalized spacial score (nSPS) is 10.1. The second-order valence-corrected chi connectivity index (χ2v) is 5.13. The molecule has 0 saturated carbocycles. The summed E-state index contributed by atoms with van der Waals surface area (Å²) in [5, 5.41) is 11.2. The summed E-state index contributed by atoms with van der Waals surface area (Å²) in [4.78, 5) is 22.9. The monoisotopic (exact) mass is 367 g/mol. The molecule has 22 heavy (non-hydrogen) atoms. The predicted octanol–water partition coefficient (Wildman–Crippen LogP) is 4.04. The van der Waals surface area contributed by atoms with Gasteiger partial charge in [-0.1, -0.05) is 30.3 Å². The van der Waals surface area contributed by atoms with E-state index >= 15 is 0 Å². The smallest absolute Gasteiger partial charge is 0.412 e. The zero-order valence-corrected chi connectivity index (χ0v) is 12.8. The van der Waals surface area contributed by atoms with Crippen molar-refractivity contribution >= 4 is 33.7 Å². The zero-order valence-electron chi connectivity index (χ0n) is 11.2. The number of anilines is 1. The van der Waals surface area contributed by atoms with Crippen LogP contribution >= 0.6 is 15.9 Å². The van der Waals surface area contributed by atoms with Crippen LogP contribution in [0, 0.1) is 5.82 Å². The Balaban J connectivity index is 2.12. The highest BCUT2D eigenvalue weighted by Gasteiger charge is 2.20. The summed E-state index contributed by atoms with van der Waals surface area (Å²) < 4.78 is 18.8. The van der Waals surface area contributed by atoms with Crippen LogP contribution in [0.1, 0.15) is 15.9 Å². The van der Waals surface area contributed by atoms with E-state index in [1.54, 1.807) is 24.3 Å². The molecular formula is C15H11BrFNO4. The summed E-state index contributed by atoms with van der Waals surface area (Å²) in [6, 6.07) is 11.2. The zero-order chi connectivity index (χ0) is 16.1. The minimum absolute atomic E-state index is 0.00923. The first-order valence-electron chi connectivity index (χ1n) is 6.18. The molecule has 1 amide bonds. The van der Waals surface area contributed by atoms with E-state index in [9.17, 15) is 14.0 Å². The Morgan fingerprint density at radius 3 is 2.50 bits per heavy atom. The van der Waals surface area contributed by atoms with Crippen molar-refractivity contribution in [3.8, 4) is 0 Å². The van der Waals surface area contributed by atoms with Gasteiger partial charge in [0.05, 0.1) is 5.69 Å².